The van der Waals surface area contributed by atoms with E-state index in [0.717, 1.165) is 31.1 Å². The fourth-order valence-corrected chi connectivity index (χ4v) is 1.49. The van der Waals surface area contributed by atoms with Crippen LogP contribution < -0.4 is 5.32 Å². The molecule has 1 aromatic rings. The first-order chi connectivity index (χ1) is 7.43. The molecule has 0 saturated carbocycles. The van der Waals surface area contributed by atoms with Crippen molar-refractivity contribution in [2.75, 3.05) is 38.8 Å². The van der Waals surface area contributed by atoms with Crippen LogP contribution in [0.5, 0.6) is 0 Å². The molecular weight excluding hydrogens is 214 g/mol. The third-order valence-corrected chi connectivity index (χ3v) is 2.43. The van der Waals surface area contributed by atoms with Gasteiger partial charge in [0.25, 0.3) is 0 Å². The van der Waals surface area contributed by atoms with Crippen molar-refractivity contribution in [2.45, 2.75) is 12.8 Å². The zero-order valence-corrected chi connectivity index (χ0v) is 9.76. The molecule has 1 rings (SSSR count). The van der Waals surface area contributed by atoms with Gasteiger partial charge in [0.2, 0.25) is 5.13 Å². The highest BCUT2D eigenvalue weighted by Gasteiger charge is 1.94. The molecular formula is C9H17N3O2S. The van der Waals surface area contributed by atoms with Crippen molar-refractivity contribution < 1.29 is 9.47 Å². The Morgan fingerprint density at radius 2 is 2.27 bits per heavy atom. The Morgan fingerprint density at radius 1 is 1.33 bits per heavy atom. The molecule has 0 spiro atoms. The fourth-order valence-electron chi connectivity index (χ4n) is 1.02. The Labute approximate surface area is 93.8 Å². The van der Waals surface area contributed by atoms with Gasteiger partial charge in [0, 0.05) is 20.3 Å². The van der Waals surface area contributed by atoms with Crippen LogP contribution in [0.15, 0.2) is 5.51 Å². The fraction of sp³-hybridized carbons (Fsp3) is 0.778. The lowest BCUT2D eigenvalue weighted by Gasteiger charge is -2.03. The Morgan fingerprint density at radius 3 is 3.00 bits per heavy atom. The minimum Gasteiger partial charge on any atom is -0.382 e. The van der Waals surface area contributed by atoms with Gasteiger partial charge in [-0.05, 0) is 12.8 Å². The Kier molecular flexibility index (Phi) is 7.06. The van der Waals surface area contributed by atoms with Gasteiger partial charge in [0.15, 0.2) is 0 Å². The third kappa shape index (κ3) is 6.38. The minimum atomic E-state index is 0.670. The van der Waals surface area contributed by atoms with Crippen LogP contribution in [-0.2, 0) is 9.47 Å². The van der Waals surface area contributed by atoms with Crippen LogP contribution in [-0.4, -0.2) is 43.7 Å². The van der Waals surface area contributed by atoms with Crippen molar-refractivity contribution in [3.05, 3.63) is 5.51 Å². The number of hydrogen-bond acceptors (Lipinski definition) is 6. The van der Waals surface area contributed by atoms with E-state index < -0.39 is 0 Å². The topological polar surface area (TPSA) is 56.3 Å². The summed E-state index contributed by atoms with van der Waals surface area (Å²) in [4.78, 5) is 0. The number of rotatable bonds is 9. The van der Waals surface area contributed by atoms with E-state index in [1.54, 1.807) is 12.6 Å². The lowest BCUT2D eigenvalue weighted by Crippen LogP contribution is -2.06. The van der Waals surface area contributed by atoms with Gasteiger partial charge >= 0.3 is 0 Å². The Bertz CT molecular complexity index is 231. The van der Waals surface area contributed by atoms with Gasteiger partial charge in [-0.1, -0.05) is 11.3 Å². The largest absolute Gasteiger partial charge is 0.382 e. The number of nitrogens with zero attached hydrogens (tertiary/aromatic N) is 2. The van der Waals surface area contributed by atoms with E-state index in [2.05, 4.69) is 15.5 Å². The van der Waals surface area contributed by atoms with Gasteiger partial charge < -0.3 is 14.8 Å². The summed E-state index contributed by atoms with van der Waals surface area (Å²) in [6, 6.07) is 0. The average Bonchev–Trinajstić information content (AvgIpc) is 2.75. The molecule has 0 unspecified atom stereocenters. The summed E-state index contributed by atoms with van der Waals surface area (Å²) >= 11 is 1.52. The van der Waals surface area contributed by atoms with E-state index in [0.29, 0.717) is 13.2 Å². The van der Waals surface area contributed by atoms with E-state index in [-0.39, 0.29) is 0 Å². The molecule has 0 saturated heterocycles. The first-order valence-corrected chi connectivity index (χ1v) is 5.88. The van der Waals surface area contributed by atoms with Crippen LogP contribution in [0.25, 0.3) is 0 Å². The molecule has 0 atom stereocenters. The average molecular weight is 231 g/mol. The molecule has 1 heterocycles. The van der Waals surface area contributed by atoms with Gasteiger partial charge in [-0.2, -0.15) is 0 Å². The summed E-state index contributed by atoms with van der Waals surface area (Å²) in [7, 11) is 1.68. The van der Waals surface area contributed by atoms with Crippen LogP contribution >= 0.6 is 11.3 Å². The number of aromatic nitrogens is 2. The maximum Gasteiger partial charge on any atom is 0.205 e. The van der Waals surface area contributed by atoms with Gasteiger partial charge in [-0.3, -0.25) is 0 Å². The van der Waals surface area contributed by atoms with Crippen LogP contribution in [0.2, 0.25) is 0 Å². The lowest BCUT2D eigenvalue weighted by atomic mass is 10.3. The quantitative estimate of drug-likeness (QED) is 0.651. The van der Waals surface area contributed by atoms with Crippen molar-refractivity contribution in [2.24, 2.45) is 0 Å². The van der Waals surface area contributed by atoms with Crippen LogP contribution in [0, 0.1) is 0 Å². The van der Waals surface area contributed by atoms with E-state index >= 15 is 0 Å². The molecule has 1 aromatic heterocycles. The second-order valence-corrected chi connectivity index (χ2v) is 3.82. The molecule has 0 bridgehead atoms. The summed E-state index contributed by atoms with van der Waals surface area (Å²) in [5.74, 6) is 0. The predicted molar refractivity (Wildman–Crippen MR) is 60.3 cm³/mol. The molecule has 0 aliphatic carbocycles. The predicted octanol–water partition coefficient (Wildman–Crippen LogP) is 1.39. The highest BCUT2D eigenvalue weighted by molar-refractivity contribution is 7.13. The monoisotopic (exact) mass is 231 g/mol. The first kappa shape index (κ1) is 12.4. The molecule has 1 N–H and O–H groups in total. The molecule has 0 amide bonds. The van der Waals surface area contributed by atoms with Crippen molar-refractivity contribution in [1.82, 2.24) is 10.2 Å². The zero-order valence-electron chi connectivity index (χ0n) is 8.94. The molecule has 15 heavy (non-hydrogen) atoms. The van der Waals surface area contributed by atoms with Gasteiger partial charge in [-0.25, -0.2) is 0 Å². The standard InChI is InChI=1S/C9H17N3O2S/c1-13-6-7-14-5-3-2-4-10-9-12-11-8-15-9/h8H,2-7H2,1H3,(H,10,12). The highest BCUT2D eigenvalue weighted by atomic mass is 32.1. The van der Waals surface area contributed by atoms with Gasteiger partial charge in [-0.15, -0.1) is 10.2 Å². The summed E-state index contributed by atoms with van der Waals surface area (Å²) in [5.41, 5.74) is 1.72. The van der Waals surface area contributed by atoms with Crippen molar-refractivity contribution >= 4 is 16.5 Å². The second-order valence-electron chi connectivity index (χ2n) is 2.98. The van der Waals surface area contributed by atoms with Crippen LogP contribution in [0.3, 0.4) is 0 Å². The molecule has 0 aliphatic heterocycles. The lowest BCUT2D eigenvalue weighted by molar-refractivity contribution is 0.0691. The molecule has 86 valence electrons. The van der Waals surface area contributed by atoms with Crippen molar-refractivity contribution in [1.29, 1.82) is 0 Å². The summed E-state index contributed by atoms with van der Waals surface area (Å²) in [6.45, 7) is 3.06. The SMILES string of the molecule is COCCOCCCCNc1nncs1. The van der Waals surface area contributed by atoms with Crippen LogP contribution in [0.4, 0.5) is 5.13 Å². The van der Waals surface area contributed by atoms with Crippen molar-refractivity contribution in [3.8, 4) is 0 Å². The summed E-state index contributed by atoms with van der Waals surface area (Å²) in [6.07, 6.45) is 2.13. The van der Waals surface area contributed by atoms with Crippen LogP contribution in [0.1, 0.15) is 12.8 Å². The smallest absolute Gasteiger partial charge is 0.205 e. The molecule has 6 heteroatoms. The number of methoxy groups -OCH3 is 1. The minimum absolute atomic E-state index is 0.670. The van der Waals surface area contributed by atoms with Crippen molar-refractivity contribution in [3.63, 3.8) is 0 Å². The second kappa shape index (κ2) is 8.58. The maximum atomic E-state index is 5.33. The number of nitrogens with one attached hydrogen (secondary N) is 1. The molecule has 0 aromatic carbocycles. The van der Waals surface area contributed by atoms with E-state index in [9.17, 15) is 0 Å². The van der Waals surface area contributed by atoms with Gasteiger partial charge in [0.1, 0.15) is 5.51 Å². The summed E-state index contributed by atoms with van der Waals surface area (Å²) in [5, 5.41) is 11.7. The number of unbranched alkanes of at least 4 members (excludes halogenated alkanes) is 1. The first-order valence-electron chi connectivity index (χ1n) is 5.00. The molecule has 0 fully saturated rings. The van der Waals surface area contributed by atoms with Gasteiger partial charge in [0.05, 0.1) is 13.2 Å². The number of hydrogen-bond donors (Lipinski definition) is 1. The zero-order chi connectivity index (χ0) is 10.8. The number of anilines is 1. The molecule has 0 aliphatic rings. The normalized spacial score (nSPS) is 10.5. The number of ether oxygens (including phenoxy) is 2. The Hall–Kier alpha value is -0.720. The molecule has 5 nitrogen and oxygen atoms in total. The summed E-state index contributed by atoms with van der Waals surface area (Å²) < 4.78 is 10.2. The Balaban J connectivity index is 1.81. The molecule has 0 radical (unpaired) electrons. The van der Waals surface area contributed by atoms with E-state index in [1.807, 2.05) is 0 Å². The highest BCUT2D eigenvalue weighted by Crippen LogP contribution is 2.07. The van der Waals surface area contributed by atoms with E-state index in [4.69, 9.17) is 9.47 Å². The third-order valence-electron chi connectivity index (χ3n) is 1.78. The van der Waals surface area contributed by atoms with E-state index in [1.165, 1.54) is 11.3 Å². The maximum absolute atomic E-state index is 5.33.